The zero-order chi connectivity index (χ0) is 14.8. The number of aryl methyl sites for hydroxylation is 2. The Kier molecular flexibility index (Phi) is 4.07. The third kappa shape index (κ3) is 2.87. The summed E-state index contributed by atoms with van der Waals surface area (Å²) < 4.78 is 9.02. The monoisotopic (exact) mass is 363 g/mol. The number of hydrogen-bond acceptors (Lipinski definition) is 3. The molecule has 1 N–H and O–H groups in total. The third-order valence-electron chi connectivity index (χ3n) is 3.37. The maximum absolute atomic E-state index is 5.39. The van der Waals surface area contributed by atoms with Crippen LogP contribution in [0.5, 0.6) is 5.75 Å². The molecule has 1 aromatic carbocycles. The molecule has 0 unspecified atom stereocenters. The van der Waals surface area contributed by atoms with E-state index in [1.165, 1.54) is 0 Å². The van der Waals surface area contributed by atoms with Crippen molar-refractivity contribution in [2.24, 2.45) is 0 Å². The summed E-state index contributed by atoms with van der Waals surface area (Å²) in [6.07, 6.45) is 2.62. The van der Waals surface area contributed by atoms with Crippen molar-refractivity contribution in [3.63, 3.8) is 0 Å². The van der Waals surface area contributed by atoms with Gasteiger partial charge in [-0.2, -0.15) is 0 Å². The summed E-state index contributed by atoms with van der Waals surface area (Å²) in [5, 5.41) is 0. The van der Waals surface area contributed by atoms with Crippen molar-refractivity contribution in [2.75, 3.05) is 7.11 Å². The van der Waals surface area contributed by atoms with Crippen LogP contribution in [-0.2, 0) is 13.0 Å². The Morgan fingerprint density at radius 1 is 1.38 bits per heavy atom. The lowest BCUT2D eigenvalue weighted by Gasteiger charge is -2.09. The average molecular weight is 364 g/mol. The van der Waals surface area contributed by atoms with Crippen molar-refractivity contribution in [3.8, 4) is 5.75 Å². The van der Waals surface area contributed by atoms with Gasteiger partial charge in [-0.15, -0.1) is 0 Å². The van der Waals surface area contributed by atoms with Gasteiger partial charge in [0.25, 0.3) is 0 Å². The van der Waals surface area contributed by atoms with E-state index in [0.717, 1.165) is 39.9 Å². The molecule has 0 bridgehead atoms. The van der Waals surface area contributed by atoms with Gasteiger partial charge in [0.05, 0.1) is 12.6 Å². The summed E-state index contributed by atoms with van der Waals surface area (Å²) in [6, 6.07) is 10.0. The number of hydrogen-bond donors (Lipinski definition) is 1. The summed E-state index contributed by atoms with van der Waals surface area (Å²) >= 11 is 8.81. The molecule has 0 aliphatic carbocycles. The standard InChI is InChI=1S/C15H14BrN3OS/c1-20-13-5-3-2-4-10(13)6-7-19-14-12(18-15(19)21)8-11(16)9-17-14/h2-5,8-9H,6-7H2,1H3,(H,18,21). The summed E-state index contributed by atoms with van der Waals surface area (Å²) in [5.74, 6) is 0.902. The first-order chi connectivity index (χ1) is 10.2. The van der Waals surface area contributed by atoms with Crippen molar-refractivity contribution in [1.29, 1.82) is 0 Å². The number of fused-ring (bicyclic) bond motifs is 1. The molecule has 3 rings (SSSR count). The van der Waals surface area contributed by atoms with E-state index in [4.69, 9.17) is 17.0 Å². The summed E-state index contributed by atoms with van der Waals surface area (Å²) in [5.41, 5.74) is 2.97. The molecule has 108 valence electrons. The van der Waals surface area contributed by atoms with Gasteiger partial charge >= 0.3 is 0 Å². The number of pyridine rings is 1. The molecule has 2 aromatic heterocycles. The number of nitrogens with zero attached hydrogens (tertiary/aromatic N) is 2. The number of halogens is 1. The van der Waals surface area contributed by atoms with E-state index in [0.29, 0.717) is 4.77 Å². The van der Waals surface area contributed by atoms with Crippen LogP contribution in [0.2, 0.25) is 0 Å². The van der Waals surface area contributed by atoms with E-state index in [1.807, 2.05) is 28.8 Å². The molecule has 0 atom stereocenters. The first-order valence-corrected chi connectivity index (χ1v) is 7.75. The second-order valence-corrected chi connectivity index (χ2v) is 5.97. The number of aromatic nitrogens is 3. The lowest BCUT2D eigenvalue weighted by molar-refractivity contribution is 0.408. The van der Waals surface area contributed by atoms with Gasteiger partial charge in [-0.3, -0.25) is 0 Å². The Bertz CT molecular complexity index is 840. The second-order valence-electron chi connectivity index (χ2n) is 4.67. The second kappa shape index (κ2) is 5.99. The van der Waals surface area contributed by atoms with Crippen molar-refractivity contribution < 1.29 is 4.74 Å². The highest BCUT2D eigenvalue weighted by atomic mass is 79.9. The number of ether oxygens (including phenoxy) is 1. The minimum Gasteiger partial charge on any atom is -0.496 e. The summed E-state index contributed by atoms with van der Waals surface area (Å²) in [6.45, 7) is 0.758. The largest absolute Gasteiger partial charge is 0.496 e. The zero-order valence-corrected chi connectivity index (χ0v) is 13.9. The Balaban J connectivity index is 1.92. The maximum Gasteiger partial charge on any atom is 0.179 e. The maximum atomic E-state index is 5.39. The molecule has 6 heteroatoms. The number of imidazole rings is 1. The van der Waals surface area contributed by atoms with Gasteiger partial charge < -0.3 is 14.3 Å². The van der Waals surface area contributed by atoms with Gasteiger partial charge in [0, 0.05) is 17.2 Å². The fourth-order valence-electron chi connectivity index (χ4n) is 2.37. The predicted molar refractivity (Wildman–Crippen MR) is 89.3 cm³/mol. The van der Waals surface area contributed by atoms with Crippen LogP contribution in [0.15, 0.2) is 41.0 Å². The minimum absolute atomic E-state index is 0.686. The normalized spacial score (nSPS) is 11.0. The molecule has 0 amide bonds. The van der Waals surface area contributed by atoms with Crippen LogP contribution < -0.4 is 4.74 Å². The molecule has 0 aliphatic heterocycles. The Labute approximate surface area is 135 Å². The highest BCUT2D eigenvalue weighted by molar-refractivity contribution is 9.10. The van der Waals surface area contributed by atoms with Gasteiger partial charge in [0.2, 0.25) is 0 Å². The molecular formula is C15H14BrN3OS. The van der Waals surface area contributed by atoms with E-state index in [-0.39, 0.29) is 0 Å². The first kappa shape index (κ1) is 14.3. The van der Waals surface area contributed by atoms with Crippen molar-refractivity contribution in [2.45, 2.75) is 13.0 Å². The van der Waals surface area contributed by atoms with Crippen LogP contribution in [0.4, 0.5) is 0 Å². The third-order valence-corrected chi connectivity index (χ3v) is 4.13. The van der Waals surface area contributed by atoms with Gasteiger partial charge in [-0.05, 0) is 52.3 Å². The lowest BCUT2D eigenvalue weighted by atomic mass is 10.1. The number of H-pyrrole nitrogens is 1. The first-order valence-electron chi connectivity index (χ1n) is 6.55. The Morgan fingerprint density at radius 3 is 3.00 bits per heavy atom. The summed E-state index contributed by atoms with van der Waals surface area (Å²) in [7, 11) is 1.69. The highest BCUT2D eigenvalue weighted by Crippen LogP contribution is 2.20. The smallest absolute Gasteiger partial charge is 0.179 e. The van der Waals surface area contributed by atoms with Gasteiger partial charge in [-0.1, -0.05) is 18.2 Å². The van der Waals surface area contributed by atoms with E-state index in [2.05, 4.69) is 32.0 Å². The molecule has 3 aromatic rings. The molecule has 0 spiro atoms. The number of methoxy groups -OCH3 is 1. The topological polar surface area (TPSA) is 42.8 Å². The fraction of sp³-hybridized carbons (Fsp3) is 0.200. The van der Waals surface area contributed by atoms with E-state index in [9.17, 15) is 0 Å². The van der Waals surface area contributed by atoms with Gasteiger partial charge in [-0.25, -0.2) is 4.98 Å². The molecule has 0 radical (unpaired) electrons. The lowest BCUT2D eigenvalue weighted by Crippen LogP contribution is -2.03. The van der Waals surface area contributed by atoms with E-state index in [1.54, 1.807) is 13.3 Å². The van der Waals surface area contributed by atoms with E-state index >= 15 is 0 Å². The molecule has 4 nitrogen and oxygen atoms in total. The van der Waals surface area contributed by atoms with Gasteiger partial charge in [0.15, 0.2) is 10.4 Å². The predicted octanol–water partition coefficient (Wildman–Crippen LogP) is 4.11. The van der Waals surface area contributed by atoms with Crippen molar-refractivity contribution >= 4 is 39.3 Å². The Morgan fingerprint density at radius 2 is 2.19 bits per heavy atom. The summed E-state index contributed by atoms with van der Waals surface area (Å²) in [4.78, 5) is 7.63. The number of nitrogens with one attached hydrogen (secondary N) is 1. The van der Waals surface area contributed by atoms with Crippen LogP contribution in [0.25, 0.3) is 11.2 Å². The van der Waals surface area contributed by atoms with E-state index < -0.39 is 0 Å². The average Bonchev–Trinajstić information content (AvgIpc) is 2.80. The van der Waals surface area contributed by atoms with Crippen LogP contribution in [0.1, 0.15) is 5.56 Å². The molecule has 0 saturated heterocycles. The molecular weight excluding hydrogens is 350 g/mol. The highest BCUT2D eigenvalue weighted by Gasteiger charge is 2.08. The molecule has 0 saturated carbocycles. The Hall–Kier alpha value is -1.66. The van der Waals surface area contributed by atoms with Crippen LogP contribution in [0.3, 0.4) is 0 Å². The number of aromatic amines is 1. The number of para-hydroxylation sites is 1. The van der Waals surface area contributed by atoms with Crippen molar-refractivity contribution in [1.82, 2.24) is 14.5 Å². The molecule has 0 fully saturated rings. The molecule has 21 heavy (non-hydrogen) atoms. The van der Waals surface area contributed by atoms with Crippen LogP contribution >= 0.6 is 28.1 Å². The fourth-order valence-corrected chi connectivity index (χ4v) is 2.99. The quantitative estimate of drug-likeness (QED) is 0.709. The van der Waals surface area contributed by atoms with Crippen LogP contribution in [-0.4, -0.2) is 21.6 Å². The number of rotatable bonds is 4. The van der Waals surface area contributed by atoms with Gasteiger partial charge in [0.1, 0.15) is 5.75 Å². The number of benzene rings is 1. The van der Waals surface area contributed by atoms with Crippen LogP contribution in [0, 0.1) is 4.77 Å². The van der Waals surface area contributed by atoms with Crippen molar-refractivity contribution in [3.05, 3.63) is 51.3 Å². The SMILES string of the molecule is COc1ccccc1CCn1c(=S)[nH]c2cc(Br)cnc21. The zero-order valence-electron chi connectivity index (χ0n) is 11.5. The molecule has 2 heterocycles. The minimum atomic E-state index is 0.686. The molecule has 0 aliphatic rings.